The largest absolute Gasteiger partial charge is 0.340 e. The summed E-state index contributed by atoms with van der Waals surface area (Å²) >= 11 is 5.90. The smallest absolute Gasteiger partial charge is 0.274 e. The Morgan fingerprint density at radius 1 is 1.53 bits per heavy atom. The van der Waals surface area contributed by atoms with Gasteiger partial charge < -0.3 is 5.32 Å². The summed E-state index contributed by atoms with van der Waals surface area (Å²) in [5.41, 5.74) is 1.45. The summed E-state index contributed by atoms with van der Waals surface area (Å²) in [4.78, 5) is 13.2. The quantitative estimate of drug-likeness (QED) is 0.865. The summed E-state index contributed by atoms with van der Waals surface area (Å²) in [6, 6.07) is 7.05. The number of hydrogen-bond acceptors (Lipinski definition) is 3. The maximum Gasteiger partial charge on any atom is 0.274 e. The van der Waals surface area contributed by atoms with Crippen LogP contribution < -0.4 is 5.32 Å². The molecule has 0 aliphatic heterocycles. The molecule has 0 spiro atoms. The van der Waals surface area contributed by atoms with E-state index in [4.69, 9.17) is 18.0 Å². The molecule has 1 N–H and O–H groups in total. The SMILES string of the molecule is C#CCNC(=O)c1nn(-c2cccc(Cl)c2)nc1C. The van der Waals surface area contributed by atoms with Crippen molar-refractivity contribution in [2.24, 2.45) is 0 Å². The number of amides is 1. The molecule has 6 heteroatoms. The highest BCUT2D eigenvalue weighted by Crippen LogP contribution is 2.14. The minimum absolute atomic E-state index is 0.155. The molecule has 0 bridgehead atoms. The topological polar surface area (TPSA) is 59.8 Å². The van der Waals surface area contributed by atoms with E-state index in [0.29, 0.717) is 16.4 Å². The fourth-order valence-corrected chi connectivity index (χ4v) is 1.70. The second-order valence-corrected chi connectivity index (χ2v) is 4.23. The number of carbonyl (C=O) groups is 1. The standard InChI is InChI=1S/C13H11ClN4O/c1-3-7-15-13(19)12-9(2)16-18(17-12)11-6-4-5-10(14)8-11/h1,4-6,8H,7H2,2H3,(H,15,19). The maximum atomic E-state index is 11.8. The Kier molecular flexibility index (Phi) is 3.83. The predicted molar refractivity (Wildman–Crippen MR) is 72.3 cm³/mol. The molecular formula is C13H11ClN4O. The van der Waals surface area contributed by atoms with E-state index in [0.717, 1.165) is 0 Å². The lowest BCUT2D eigenvalue weighted by Gasteiger charge is -1.99. The first kappa shape index (κ1) is 13.1. The van der Waals surface area contributed by atoms with Gasteiger partial charge in [0, 0.05) is 5.02 Å². The van der Waals surface area contributed by atoms with Gasteiger partial charge in [0.05, 0.1) is 17.9 Å². The van der Waals surface area contributed by atoms with Gasteiger partial charge >= 0.3 is 0 Å². The molecule has 0 radical (unpaired) electrons. The molecule has 0 aliphatic rings. The molecule has 2 rings (SSSR count). The molecule has 0 unspecified atom stereocenters. The van der Waals surface area contributed by atoms with Crippen molar-refractivity contribution in [1.29, 1.82) is 0 Å². The van der Waals surface area contributed by atoms with Crippen molar-refractivity contribution in [3.63, 3.8) is 0 Å². The number of benzene rings is 1. The van der Waals surface area contributed by atoms with Crippen LogP contribution in [0.25, 0.3) is 5.69 Å². The number of terminal acetylenes is 1. The molecule has 0 atom stereocenters. The van der Waals surface area contributed by atoms with Crippen molar-refractivity contribution >= 4 is 17.5 Å². The maximum absolute atomic E-state index is 11.8. The van der Waals surface area contributed by atoms with E-state index in [-0.39, 0.29) is 18.1 Å². The van der Waals surface area contributed by atoms with E-state index >= 15 is 0 Å². The summed E-state index contributed by atoms with van der Waals surface area (Å²) in [6.07, 6.45) is 5.09. The van der Waals surface area contributed by atoms with Crippen molar-refractivity contribution in [3.05, 3.63) is 40.7 Å². The molecule has 0 saturated carbocycles. The number of halogens is 1. The number of nitrogens with one attached hydrogen (secondary N) is 1. The van der Waals surface area contributed by atoms with Crippen molar-refractivity contribution in [3.8, 4) is 18.0 Å². The summed E-state index contributed by atoms with van der Waals surface area (Å²) < 4.78 is 0. The first-order valence-electron chi connectivity index (χ1n) is 5.53. The van der Waals surface area contributed by atoms with Crippen LogP contribution in [0, 0.1) is 19.3 Å². The fraction of sp³-hybridized carbons (Fsp3) is 0.154. The minimum atomic E-state index is -0.344. The number of carbonyl (C=O) groups excluding carboxylic acids is 1. The lowest BCUT2D eigenvalue weighted by Crippen LogP contribution is -2.24. The van der Waals surface area contributed by atoms with Crippen LogP contribution in [0.2, 0.25) is 5.02 Å². The van der Waals surface area contributed by atoms with Gasteiger partial charge in [0.2, 0.25) is 0 Å². The van der Waals surface area contributed by atoms with Crippen molar-refractivity contribution in [1.82, 2.24) is 20.3 Å². The monoisotopic (exact) mass is 274 g/mol. The van der Waals surface area contributed by atoms with Gasteiger partial charge in [-0.3, -0.25) is 4.79 Å². The predicted octanol–water partition coefficient (Wildman–Crippen LogP) is 1.59. The Labute approximate surface area is 115 Å². The van der Waals surface area contributed by atoms with Gasteiger partial charge in [-0.2, -0.15) is 9.90 Å². The molecule has 1 aromatic carbocycles. The van der Waals surface area contributed by atoms with Crippen LogP contribution in [-0.2, 0) is 0 Å². The highest BCUT2D eigenvalue weighted by Gasteiger charge is 2.15. The number of hydrogen-bond donors (Lipinski definition) is 1. The summed E-state index contributed by atoms with van der Waals surface area (Å²) in [7, 11) is 0. The molecule has 1 heterocycles. The fourth-order valence-electron chi connectivity index (χ4n) is 1.52. The normalized spacial score (nSPS) is 9.95. The zero-order chi connectivity index (χ0) is 13.8. The van der Waals surface area contributed by atoms with Gasteiger partial charge in [-0.1, -0.05) is 23.6 Å². The van der Waals surface area contributed by atoms with Gasteiger partial charge in [-0.05, 0) is 25.1 Å². The van der Waals surface area contributed by atoms with Crippen molar-refractivity contribution < 1.29 is 4.79 Å². The van der Waals surface area contributed by atoms with Gasteiger partial charge in [-0.15, -0.1) is 11.5 Å². The van der Waals surface area contributed by atoms with E-state index < -0.39 is 0 Å². The third kappa shape index (κ3) is 2.92. The van der Waals surface area contributed by atoms with Crippen LogP contribution in [0.3, 0.4) is 0 Å². The first-order valence-corrected chi connectivity index (χ1v) is 5.91. The zero-order valence-electron chi connectivity index (χ0n) is 10.2. The Morgan fingerprint density at radius 2 is 2.32 bits per heavy atom. The van der Waals surface area contributed by atoms with Crippen LogP contribution >= 0.6 is 11.6 Å². The molecule has 1 aromatic heterocycles. The summed E-state index contributed by atoms with van der Waals surface area (Å²) in [5, 5.41) is 11.4. The average molecular weight is 275 g/mol. The number of aryl methyl sites for hydroxylation is 1. The van der Waals surface area contributed by atoms with Gasteiger partial charge in [0.15, 0.2) is 5.69 Å². The van der Waals surface area contributed by atoms with Crippen LogP contribution in [-0.4, -0.2) is 27.4 Å². The molecule has 0 aliphatic carbocycles. The third-order valence-electron chi connectivity index (χ3n) is 2.39. The summed E-state index contributed by atoms with van der Waals surface area (Å²) in [5.74, 6) is 1.99. The Morgan fingerprint density at radius 3 is 3.00 bits per heavy atom. The van der Waals surface area contributed by atoms with Crippen LogP contribution in [0.5, 0.6) is 0 Å². The van der Waals surface area contributed by atoms with Gasteiger partial charge in [-0.25, -0.2) is 0 Å². The molecule has 0 saturated heterocycles. The zero-order valence-corrected chi connectivity index (χ0v) is 11.0. The highest BCUT2D eigenvalue weighted by atomic mass is 35.5. The van der Waals surface area contributed by atoms with Crippen LogP contribution in [0.4, 0.5) is 0 Å². The van der Waals surface area contributed by atoms with Gasteiger partial charge in [0.25, 0.3) is 5.91 Å². The number of nitrogens with zero attached hydrogens (tertiary/aromatic N) is 3. The van der Waals surface area contributed by atoms with Gasteiger partial charge in [0.1, 0.15) is 0 Å². The molecular weight excluding hydrogens is 264 g/mol. The highest BCUT2D eigenvalue weighted by molar-refractivity contribution is 6.30. The van der Waals surface area contributed by atoms with E-state index in [1.165, 1.54) is 4.80 Å². The molecule has 0 fully saturated rings. The van der Waals surface area contributed by atoms with E-state index in [1.54, 1.807) is 31.2 Å². The Bertz CT molecular complexity index is 657. The second-order valence-electron chi connectivity index (χ2n) is 3.79. The van der Waals surface area contributed by atoms with Crippen molar-refractivity contribution in [2.45, 2.75) is 6.92 Å². The summed E-state index contributed by atoms with van der Waals surface area (Å²) in [6.45, 7) is 1.86. The molecule has 96 valence electrons. The molecule has 5 nitrogen and oxygen atoms in total. The van der Waals surface area contributed by atoms with Crippen molar-refractivity contribution in [2.75, 3.05) is 6.54 Å². The minimum Gasteiger partial charge on any atom is -0.340 e. The first-order chi connectivity index (χ1) is 9.11. The lowest BCUT2D eigenvalue weighted by molar-refractivity contribution is 0.0952. The number of aromatic nitrogens is 3. The molecule has 1 amide bonds. The number of rotatable bonds is 3. The van der Waals surface area contributed by atoms with E-state index in [1.807, 2.05) is 0 Å². The average Bonchev–Trinajstić information content (AvgIpc) is 2.78. The molecule has 2 aromatic rings. The second kappa shape index (κ2) is 5.55. The molecule has 19 heavy (non-hydrogen) atoms. The Hall–Kier alpha value is -2.32. The van der Waals surface area contributed by atoms with E-state index in [9.17, 15) is 4.79 Å². The van der Waals surface area contributed by atoms with Crippen LogP contribution in [0.15, 0.2) is 24.3 Å². The van der Waals surface area contributed by atoms with E-state index in [2.05, 4.69) is 21.4 Å². The lowest BCUT2D eigenvalue weighted by atomic mass is 10.3. The third-order valence-corrected chi connectivity index (χ3v) is 2.62. The van der Waals surface area contributed by atoms with Crippen LogP contribution in [0.1, 0.15) is 16.2 Å². The Balaban J connectivity index is 2.31.